The fraction of sp³-hybridized carbons (Fsp3) is 0.0714. The Morgan fingerprint density at radius 3 is 2.45 bits per heavy atom. The summed E-state index contributed by atoms with van der Waals surface area (Å²) in [6.07, 6.45) is 0. The number of ether oxygens (including phenoxy) is 1. The van der Waals surface area contributed by atoms with Gasteiger partial charge in [-0.2, -0.15) is 10.5 Å². The Labute approximate surface area is 132 Å². The van der Waals surface area contributed by atoms with Crippen LogP contribution in [-0.2, 0) is 0 Å². The fourth-order valence-electron chi connectivity index (χ4n) is 2.01. The van der Waals surface area contributed by atoms with E-state index in [1.165, 1.54) is 13.2 Å². The van der Waals surface area contributed by atoms with Crippen molar-refractivity contribution in [3.05, 3.63) is 43.9 Å². The lowest BCUT2D eigenvalue weighted by molar-refractivity contribution is 0.411. The maximum absolute atomic E-state index is 14.3. The third-order valence-electron chi connectivity index (χ3n) is 2.99. The van der Waals surface area contributed by atoms with Crippen molar-refractivity contribution in [2.75, 3.05) is 12.8 Å². The Kier molecular flexibility index (Phi) is 4.15. The summed E-state index contributed by atoms with van der Waals surface area (Å²) < 4.78 is 19.5. The number of aromatic amines is 1. The van der Waals surface area contributed by atoms with E-state index in [0.29, 0.717) is 0 Å². The maximum Gasteiger partial charge on any atom is 0.268 e. The third kappa shape index (κ3) is 2.30. The van der Waals surface area contributed by atoms with Crippen molar-refractivity contribution in [1.29, 1.82) is 10.5 Å². The van der Waals surface area contributed by atoms with Gasteiger partial charge in [0.15, 0.2) is 0 Å². The zero-order valence-corrected chi connectivity index (χ0v) is 12.8. The van der Waals surface area contributed by atoms with Crippen molar-refractivity contribution < 1.29 is 9.13 Å². The Bertz CT molecular complexity index is 909. The summed E-state index contributed by atoms with van der Waals surface area (Å²) >= 11 is 3.17. The normalized spacial score (nSPS) is 9.86. The molecule has 0 spiro atoms. The molecule has 0 radical (unpaired) electrons. The Morgan fingerprint density at radius 2 is 1.91 bits per heavy atom. The molecule has 0 atom stereocenters. The van der Waals surface area contributed by atoms with Gasteiger partial charge < -0.3 is 15.5 Å². The van der Waals surface area contributed by atoms with Crippen molar-refractivity contribution >= 4 is 21.7 Å². The van der Waals surface area contributed by atoms with Crippen LogP contribution >= 0.6 is 15.9 Å². The van der Waals surface area contributed by atoms with E-state index in [2.05, 4.69) is 20.9 Å². The number of hydrogen-bond donors (Lipinski definition) is 2. The second-order valence-corrected chi connectivity index (χ2v) is 4.95. The molecule has 0 saturated carbocycles. The van der Waals surface area contributed by atoms with E-state index in [1.807, 2.05) is 0 Å². The molecule has 2 aromatic rings. The number of anilines is 1. The lowest BCUT2D eigenvalue weighted by Gasteiger charge is -2.13. The lowest BCUT2D eigenvalue weighted by atomic mass is 9.96. The van der Waals surface area contributed by atoms with Crippen LogP contribution in [0.3, 0.4) is 0 Å². The molecule has 1 aromatic carbocycles. The molecule has 0 amide bonds. The van der Waals surface area contributed by atoms with Gasteiger partial charge in [0, 0.05) is 11.1 Å². The van der Waals surface area contributed by atoms with E-state index >= 15 is 0 Å². The summed E-state index contributed by atoms with van der Waals surface area (Å²) in [5, 5.41) is 18.4. The van der Waals surface area contributed by atoms with E-state index in [9.17, 15) is 19.7 Å². The molecule has 1 heterocycles. The summed E-state index contributed by atoms with van der Waals surface area (Å²) in [6.45, 7) is 0. The van der Waals surface area contributed by atoms with Crippen molar-refractivity contribution in [1.82, 2.24) is 4.98 Å². The Morgan fingerprint density at radius 1 is 1.27 bits per heavy atom. The first-order valence-electron chi connectivity index (χ1n) is 5.84. The molecule has 0 aliphatic rings. The molecule has 0 bridgehead atoms. The number of H-pyrrole nitrogens is 1. The minimum absolute atomic E-state index is 0.134. The molecule has 8 heteroatoms. The van der Waals surface area contributed by atoms with Gasteiger partial charge in [0.1, 0.15) is 40.6 Å². The third-order valence-corrected chi connectivity index (χ3v) is 3.78. The molecule has 1 aromatic heterocycles. The molecule has 3 N–H and O–H groups in total. The van der Waals surface area contributed by atoms with Crippen LogP contribution in [0.25, 0.3) is 11.1 Å². The van der Waals surface area contributed by atoms with Crippen LogP contribution in [0.2, 0.25) is 0 Å². The summed E-state index contributed by atoms with van der Waals surface area (Å²) in [6, 6.07) is 5.94. The second-order valence-electron chi connectivity index (χ2n) is 4.16. The van der Waals surface area contributed by atoms with Crippen LogP contribution in [0.5, 0.6) is 5.75 Å². The van der Waals surface area contributed by atoms with Gasteiger partial charge in [0.25, 0.3) is 5.56 Å². The number of nitrogens with one attached hydrogen (secondary N) is 1. The second kappa shape index (κ2) is 5.88. The topological polar surface area (TPSA) is 116 Å². The number of halogens is 2. The average molecular weight is 363 g/mol. The van der Waals surface area contributed by atoms with Crippen molar-refractivity contribution in [2.45, 2.75) is 0 Å². The quantitative estimate of drug-likeness (QED) is 0.849. The first kappa shape index (κ1) is 15.5. The van der Waals surface area contributed by atoms with Crippen molar-refractivity contribution in [3.8, 4) is 29.0 Å². The number of methoxy groups -OCH3 is 1. The highest BCUT2D eigenvalue weighted by atomic mass is 79.9. The van der Waals surface area contributed by atoms with Gasteiger partial charge in [0.05, 0.1) is 11.6 Å². The van der Waals surface area contributed by atoms with Crippen LogP contribution in [0.15, 0.2) is 21.4 Å². The van der Waals surface area contributed by atoms with Crippen LogP contribution in [0.1, 0.15) is 11.1 Å². The fourth-order valence-corrected chi connectivity index (χ4v) is 2.70. The van der Waals surface area contributed by atoms with Gasteiger partial charge in [-0.1, -0.05) is 0 Å². The molecular weight excluding hydrogens is 355 g/mol. The summed E-state index contributed by atoms with van der Waals surface area (Å²) in [7, 11) is 1.38. The van der Waals surface area contributed by atoms with Gasteiger partial charge in [0.2, 0.25) is 0 Å². The Hall–Kier alpha value is -2.84. The molecule has 110 valence electrons. The van der Waals surface area contributed by atoms with E-state index in [-0.39, 0.29) is 32.7 Å². The van der Waals surface area contributed by atoms with Gasteiger partial charge in [-0.05, 0) is 28.1 Å². The predicted octanol–water partition coefficient (Wildman–Crippen LogP) is 2.28. The van der Waals surface area contributed by atoms with Crippen LogP contribution in [0.4, 0.5) is 10.2 Å². The summed E-state index contributed by atoms with van der Waals surface area (Å²) in [4.78, 5) is 14.1. The monoisotopic (exact) mass is 362 g/mol. The van der Waals surface area contributed by atoms with E-state index in [1.54, 1.807) is 12.1 Å². The molecule has 6 nitrogen and oxygen atoms in total. The van der Waals surface area contributed by atoms with E-state index in [4.69, 9.17) is 10.5 Å². The molecule has 0 fully saturated rings. The minimum Gasteiger partial charge on any atom is -0.496 e. The largest absolute Gasteiger partial charge is 0.496 e. The van der Waals surface area contributed by atoms with E-state index < -0.39 is 16.9 Å². The Balaban J connectivity index is 3.06. The number of nitriles is 2. The number of hydrogen-bond acceptors (Lipinski definition) is 5. The zero-order valence-electron chi connectivity index (χ0n) is 11.2. The van der Waals surface area contributed by atoms with Crippen LogP contribution in [0, 0.1) is 28.5 Å². The number of nitrogens with zero attached hydrogens (tertiary/aromatic N) is 2. The average Bonchev–Trinajstić information content (AvgIpc) is 2.47. The van der Waals surface area contributed by atoms with Crippen molar-refractivity contribution in [2.24, 2.45) is 0 Å². The SMILES string of the molecule is COc1ccc(F)c(-c2c(C#N)c(N)[nH]c(=O)c2C#N)c1Br. The molecule has 0 aliphatic carbocycles. The first-order valence-corrected chi connectivity index (χ1v) is 6.63. The van der Waals surface area contributed by atoms with Gasteiger partial charge in [-0.15, -0.1) is 0 Å². The van der Waals surface area contributed by atoms with Crippen molar-refractivity contribution in [3.63, 3.8) is 0 Å². The highest BCUT2D eigenvalue weighted by Gasteiger charge is 2.24. The highest BCUT2D eigenvalue weighted by Crippen LogP contribution is 2.40. The number of benzene rings is 1. The van der Waals surface area contributed by atoms with Gasteiger partial charge >= 0.3 is 0 Å². The predicted molar refractivity (Wildman–Crippen MR) is 80.6 cm³/mol. The molecule has 0 saturated heterocycles. The van der Waals surface area contributed by atoms with E-state index in [0.717, 1.165) is 6.07 Å². The standard InChI is InChI=1S/C14H8BrFN4O2/c1-22-9-3-2-8(16)11(12(9)15)10-6(4-17)13(19)20-14(21)7(10)5-18/h2-3H,1H3,(H3,19,20,21). The zero-order chi connectivity index (χ0) is 16.4. The smallest absolute Gasteiger partial charge is 0.268 e. The molecule has 2 rings (SSSR count). The lowest BCUT2D eigenvalue weighted by Crippen LogP contribution is -2.16. The maximum atomic E-state index is 14.3. The number of rotatable bonds is 2. The number of aromatic nitrogens is 1. The minimum atomic E-state index is -0.803. The number of nitrogens with two attached hydrogens (primary N) is 1. The van der Waals surface area contributed by atoms with Gasteiger partial charge in [-0.25, -0.2) is 4.39 Å². The molecule has 0 unspecified atom stereocenters. The summed E-state index contributed by atoms with van der Waals surface area (Å²) in [5.41, 5.74) is 3.90. The van der Waals surface area contributed by atoms with Crippen LogP contribution < -0.4 is 16.0 Å². The molecule has 0 aliphatic heterocycles. The first-order chi connectivity index (χ1) is 10.5. The summed E-state index contributed by atoms with van der Waals surface area (Å²) in [5.74, 6) is -0.690. The number of nitrogen functional groups attached to an aromatic ring is 1. The van der Waals surface area contributed by atoms with Crippen LogP contribution in [-0.4, -0.2) is 12.1 Å². The number of pyridine rings is 1. The molecular formula is C14H8BrFN4O2. The molecule has 22 heavy (non-hydrogen) atoms. The highest BCUT2D eigenvalue weighted by molar-refractivity contribution is 9.10. The van der Waals surface area contributed by atoms with Gasteiger partial charge in [-0.3, -0.25) is 4.79 Å².